The molecule has 12 nitrogen and oxygen atoms in total. The number of amides is 1. The van der Waals surface area contributed by atoms with Gasteiger partial charge in [-0.3, -0.25) is 10.00 Å². The van der Waals surface area contributed by atoms with Crippen LogP contribution in [0.1, 0.15) is 62.9 Å². The Labute approximate surface area is 310 Å². The largest absolute Gasteiger partial charge is 0.496 e. The Hall–Kier alpha value is -5.34. The number of hydrogen-bond donors (Lipinski definition) is 2. The van der Waals surface area contributed by atoms with Crippen LogP contribution in [0.3, 0.4) is 0 Å². The molecule has 0 aliphatic rings. The van der Waals surface area contributed by atoms with Crippen LogP contribution in [0.15, 0.2) is 78.9 Å². The number of rotatable bonds is 15. The van der Waals surface area contributed by atoms with Gasteiger partial charge in [0.2, 0.25) is 5.95 Å². The van der Waals surface area contributed by atoms with Crippen molar-refractivity contribution in [3.05, 3.63) is 95.9 Å². The molecule has 0 unspecified atom stereocenters. The molecule has 2 N–H and O–H groups in total. The van der Waals surface area contributed by atoms with Crippen molar-refractivity contribution in [2.24, 2.45) is 0 Å². The molecule has 2 aromatic heterocycles. The van der Waals surface area contributed by atoms with E-state index >= 15 is 4.39 Å². The summed E-state index contributed by atoms with van der Waals surface area (Å²) in [6.07, 6.45) is 1.38. The fraction of sp³-hybridized carbons (Fsp3) is 0.359. The number of esters is 1. The molecule has 1 amide bonds. The average molecular weight is 743 g/mol. The minimum absolute atomic E-state index is 0.0578. The number of nitrogens with one attached hydrogen (secondary N) is 2. The van der Waals surface area contributed by atoms with Crippen LogP contribution in [-0.2, 0) is 20.4 Å². The molecule has 0 aliphatic heterocycles. The molecular formula is C39H47FN6O6Si. The van der Waals surface area contributed by atoms with E-state index in [0.717, 1.165) is 12.8 Å². The quantitative estimate of drug-likeness (QED) is 0.0899. The molecule has 53 heavy (non-hydrogen) atoms. The zero-order valence-electron chi connectivity index (χ0n) is 31.2. The lowest BCUT2D eigenvalue weighted by atomic mass is 10.1. The smallest absolute Gasteiger partial charge is 0.413 e. The maximum atomic E-state index is 15.6. The first kappa shape index (κ1) is 38.9. The van der Waals surface area contributed by atoms with Crippen LogP contribution in [0.25, 0.3) is 11.0 Å². The van der Waals surface area contributed by atoms with Crippen LogP contribution in [0, 0.1) is 5.95 Å². The molecule has 2 heterocycles. The number of ether oxygens (including phenoxy) is 3. The maximum Gasteiger partial charge on any atom is 0.413 e. The predicted octanol–water partition coefficient (Wildman–Crippen LogP) is 6.53. The number of hydrogen-bond acceptors (Lipinski definition) is 10. The lowest BCUT2D eigenvalue weighted by Crippen LogP contribution is -2.66. The first-order chi connectivity index (χ1) is 25.4. The van der Waals surface area contributed by atoms with Gasteiger partial charge in [-0.25, -0.2) is 14.6 Å². The molecule has 280 valence electrons. The minimum atomic E-state index is -2.80. The van der Waals surface area contributed by atoms with Crippen LogP contribution in [0.2, 0.25) is 5.04 Å². The van der Waals surface area contributed by atoms with Gasteiger partial charge in [-0.15, -0.1) is 5.10 Å². The first-order valence-electron chi connectivity index (χ1n) is 17.5. The second-order valence-electron chi connectivity index (χ2n) is 13.6. The van der Waals surface area contributed by atoms with Gasteiger partial charge in [-0.05, 0) is 40.4 Å². The van der Waals surface area contributed by atoms with Crippen molar-refractivity contribution >= 4 is 53.6 Å². The summed E-state index contributed by atoms with van der Waals surface area (Å²) in [4.78, 5) is 33.3. The number of fused-ring (bicyclic) bond motifs is 1. The fourth-order valence-corrected chi connectivity index (χ4v) is 11.3. The van der Waals surface area contributed by atoms with Crippen molar-refractivity contribution in [2.45, 2.75) is 64.6 Å². The van der Waals surface area contributed by atoms with Gasteiger partial charge in [0, 0.05) is 18.2 Å². The molecule has 0 bridgehead atoms. The van der Waals surface area contributed by atoms with E-state index in [1.54, 1.807) is 18.2 Å². The summed E-state index contributed by atoms with van der Waals surface area (Å²) in [5.74, 6) is -0.862. The third-order valence-electron chi connectivity index (χ3n) is 9.15. The number of nitrogens with zero attached hydrogens (tertiary/aromatic N) is 4. The highest BCUT2D eigenvalue weighted by Crippen LogP contribution is 2.37. The fourth-order valence-electron chi connectivity index (χ4n) is 6.69. The number of carbonyl (C=O) groups excluding carboxylic acids is 2. The zero-order chi connectivity index (χ0) is 38.2. The van der Waals surface area contributed by atoms with Crippen molar-refractivity contribution in [1.29, 1.82) is 0 Å². The summed E-state index contributed by atoms with van der Waals surface area (Å²) in [5, 5.41) is 12.3. The predicted molar refractivity (Wildman–Crippen MR) is 205 cm³/mol. The summed E-state index contributed by atoms with van der Waals surface area (Å²) < 4.78 is 39.5. The highest BCUT2D eigenvalue weighted by atomic mass is 28.4. The number of anilines is 2. The monoisotopic (exact) mass is 742 g/mol. The van der Waals surface area contributed by atoms with E-state index in [9.17, 15) is 9.59 Å². The third-order valence-corrected chi connectivity index (χ3v) is 14.2. The standard InChI is InChI=1S/C39H47FN6O6Si/c1-8-15-28(22-23-52-53(39(2,3)4,29-16-11-9-12-17-29)30-18-13-10-14-19-30)41-35-33-32(42-37(43-35)44-38(48)51-7)34(40)45-46(33)25-27-21-20-26(36(47)50-6)24-31(27)49-5/h9-14,16-21,24,28H,8,15,22-23,25H2,1-7H3,(H2,41,42,43,44,48)/t28-/m0/s1. The minimum Gasteiger partial charge on any atom is -0.496 e. The van der Waals surface area contributed by atoms with Gasteiger partial charge < -0.3 is 24.0 Å². The van der Waals surface area contributed by atoms with Gasteiger partial charge in [0.1, 0.15) is 11.3 Å². The van der Waals surface area contributed by atoms with Gasteiger partial charge >= 0.3 is 12.1 Å². The number of carbonyl (C=O) groups is 2. The maximum absolute atomic E-state index is 15.6. The van der Waals surface area contributed by atoms with E-state index < -0.39 is 26.3 Å². The zero-order valence-corrected chi connectivity index (χ0v) is 32.2. The molecule has 0 fully saturated rings. The summed E-state index contributed by atoms with van der Waals surface area (Å²) >= 11 is 0. The molecular weight excluding hydrogens is 696 g/mol. The summed E-state index contributed by atoms with van der Waals surface area (Å²) in [6.45, 7) is 9.30. The van der Waals surface area contributed by atoms with Gasteiger partial charge in [0.05, 0.1) is 33.4 Å². The van der Waals surface area contributed by atoms with Crippen LogP contribution < -0.4 is 25.7 Å². The Balaban J connectivity index is 1.52. The summed E-state index contributed by atoms with van der Waals surface area (Å²) in [7, 11) is 1.20. The van der Waals surface area contributed by atoms with Gasteiger partial charge in [0.15, 0.2) is 11.3 Å². The normalized spacial score (nSPS) is 12.3. The average Bonchev–Trinajstić information content (AvgIpc) is 3.47. The summed E-state index contributed by atoms with van der Waals surface area (Å²) in [5.41, 5.74) is 1.11. The van der Waals surface area contributed by atoms with Crippen molar-refractivity contribution < 1.29 is 32.6 Å². The molecule has 14 heteroatoms. The SMILES string of the molecule is CCC[C@@H](CCO[Si](c1ccccc1)(c1ccccc1)C(C)(C)C)Nc1nc(NC(=O)OC)nc2c(F)nn(Cc3ccc(C(=O)OC)cc3OC)c12. The molecule has 3 aromatic carbocycles. The molecule has 0 aliphatic carbocycles. The lowest BCUT2D eigenvalue weighted by molar-refractivity contribution is 0.0600. The van der Waals surface area contributed by atoms with Gasteiger partial charge in [0.25, 0.3) is 14.3 Å². The van der Waals surface area contributed by atoms with Gasteiger partial charge in [-0.2, -0.15) is 9.37 Å². The van der Waals surface area contributed by atoms with Crippen molar-refractivity contribution in [2.75, 3.05) is 38.6 Å². The van der Waals surface area contributed by atoms with Gasteiger partial charge in [-0.1, -0.05) is 101 Å². The Bertz CT molecular complexity index is 1980. The van der Waals surface area contributed by atoms with E-state index in [2.05, 4.69) is 102 Å². The van der Waals surface area contributed by atoms with E-state index in [0.29, 0.717) is 29.9 Å². The number of halogens is 1. The molecule has 0 spiro atoms. The highest BCUT2D eigenvalue weighted by molar-refractivity contribution is 6.99. The van der Waals surface area contributed by atoms with Crippen LogP contribution in [-0.4, -0.2) is 74.1 Å². The summed E-state index contributed by atoms with van der Waals surface area (Å²) in [6, 6.07) is 25.6. The van der Waals surface area contributed by atoms with Crippen LogP contribution >= 0.6 is 0 Å². The number of methoxy groups -OCH3 is 3. The van der Waals surface area contributed by atoms with E-state index in [1.807, 2.05) is 12.1 Å². The molecule has 5 rings (SSSR count). The topological polar surface area (TPSA) is 139 Å². The molecule has 0 radical (unpaired) electrons. The third kappa shape index (κ3) is 8.49. The van der Waals surface area contributed by atoms with Crippen LogP contribution in [0.5, 0.6) is 5.75 Å². The van der Waals surface area contributed by atoms with Crippen LogP contribution in [0.4, 0.5) is 21.0 Å². The Kier molecular flexibility index (Phi) is 12.5. The van der Waals surface area contributed by atoms with Crippen molar-refractivity contribution in [3.63, 3.8) is 0 Å². The second-order valence-corrected chi connectivity index (χ2v) is 17.9. The first-order valence-corrected chi connectivity index (χ1v) is 19.4. The molecule has 0 saturated carbocycles. The van der Waals surface area contributed by atoms with E-state index in [1.165, 1.54) is 36.4 Å². The van der Waals surface area contributed by atoms with E-state index in [-0.39, 0.29) is 40.4 Å². The Morgan fingerprint density at radius 3 is 2.13 bits per heavy atom. The van der Waals surface area contributed by atoms with E-state index in [4.69, 9.17) is 18.6 Å². The Morgan fingerprint density at radius 1 is 0.906 bits per heavy atom. The Morgan fingerprint density at radius 2 is 1.57 bits per heavy atom. The molecule has 5 aromatic rings. The number of benzene rings is 3. The van der Waals surface area contributed by atoms with Crippen molar-refractivity contribution in [3.8, 4) is 5.75 Å². The molecule has 0 saturated heterocycles. The second kappa shape index (κ2) is 17.0. The molecule has 1 atom stereocenters. The highest BCUT2D eigenvalue weighted by Gasteiger charge is 2.50. The van der Waals surface area contributed by atoms with Crippen molar-refractivity contribution in [1.82, 2.24) is 19.7 Å². The number of aromatic nitrogens is 4. The lowest BCUT2D eigenvalue weighted by Gasteiger charge is -2.43.